The molecule has 0 fully saturated rings. The Morgan fingerprint density at radius 1 is 0.360 bits per heavy atom. The maximum absolute atomic E-state index is 13.1. The standard InChI is InChI=1S/2C17H36F3O3PS/c2*1-5-9-13-24(14-10-6-2,15-11-7-3,16-12-8-4)23-25(21,22)17(18,19)20/h2*5-16H2,1-4H3. The minimum atomic E-state index is -5.58. The molecule has 0 aliphatic rings. The van der Waals surface area contributed by atoms with Crippen LogP contribution in [0, 0.1) is 0 Å². The van der Waals surface area contributed by atoms with Crippen molar-refractivity contribution in [3.63, 3.8) is 0 Å². The number of hydrogen-bond acceptors (Lipinski definition) is 6. The average Bonchev–Trinajstić information content (AvgIpc) is 3.04. The van der Waals surface area contributed by atoms with Crippen molar-refractivity contribution in [2.45, 2.75) is 169 Å². The van der Waals surface area contributed by atoms with E-state index in [1.807, 2.05) is 55.4 Å². The SMILES string of the molecule is CCCCP(CCCC)(CCCC)(CCCC)OS(=O)(=O)C(F)(F)F.CCCCP(CCCC)(CCCC)(CCCC)OS(=O)(=O)C(F)(F)F. The summed E-state index contributed by atoms with van der Waals surface area (Å²) in [6, 6.07) is 0. The Hall–Kier alpha value is 0.260. The van der Waals surface area contributed by atoms with Crippen LogP contribution in [0.2, 0.25) is 0 Å². The van der Waals surface area contributed by atoms with Gasteiger partial charge in [0, 0.05) is 0 Å². The molecule has 308 valence electrons. The first-order chi connectivity index (χ1) is 23.0. The molecule has 0 rings (SSSR count). The van der Waals surface area contributed by atoms with Gasteiger partial charge in [0.05, 0.1) is 0 Å². The van der Waals surface area contributed by atoms with Crippen molar-refractivity contribution in [2.75, 3.05) is 49.3 Å². The van der Waals surface area contributed by atoms with E-state index in [4.69, 9.17) is 7.94 Å². The molecule has 0 saturated heterocycles. The molecule has 0 heterocycles. The van der Waals surface area contributed by atoms with Gasteiger partial charge in [0.15, 0.2) is 0 Å². The van der Waals surface area contributed by atoms with E-state index in [9.17, 15) is 43.2 Å². The molecule has 0 aromatic heterocycles. The van der Waals surface area contributed by atoms with Crippen molar-refractivity contribution in [3.8, 4) is 0 Å². The van der Waals surface area contributed by atoms with Gasteiger partial charge >= 0.3 is 303 Å². The molecule has 0 spiro atoms. The van der Waals surface area contributed by atoms with Gasteiger partial charge in [-0.25, -0.2) is 0 Å². The molecule has 0 bridgehead atoms. The third kappa shape index (κ3) is 16.7. The van der Waals surface area contributed by atoms with Crippen molar-refractivity contribution >= 4 is 33.9 Å². The summed E-state index contributed by atoms with van der Waals surface area (Å²) >= 11 is 0. The molecule has 0 atom stereocenters. The second-order valence-electron chi connectivity index (χ2n) is 14.3. The summed E-state index contributed by atoms with van der Waals surface area (Å²) in [6.45, 7) is 8.84. The molecule has 0 radical (unpaired) electrons. The van der Waals surface area contributed by atoms with E-state index in [1.165, 1.54) is 0 Å². The molecule has 0 saturated carbocycles. The molecule has 6 nitrogen and oxygen atoms in total. The molecule has 0 amide bonds. The Labute approximate surface area is 302 Å². The second-order valence-corrected chi connectivity index (χ2v) is 29.2. The monoisotopic (exact) mass is 816 g/mol. The van der Waals surface area contributed by atoms with Crippen molar-refractivity contribution < 1.29 is 51.1 Å². The van der Waals surface area contributed by atoms with Crippen LogP contribution in [0.4, 0.5) is 26.3 Å². The van der Waals surface area contributed by atoms with Crippen molar-refractivity contribution in [2.24, 2.45) is 0 Å². The fourth-order valence-electron chi connectivity index (χ4n) is 6.74. The Morgan fingerprint density at radius 3 is 0.600 bits per heavy atom. The van der Waals surface area contributed by atoms with Gasteiger partial charge in [-0.15, -0.1) is 0 Å². The number of alkyl halides is 6. The fraction of sp³-hybridized carbons (Fsp3) is 1.00. The molecule has 0 aromatic carbocycles. The number of rotatable bonds is 28. The molecule has 0 aliphatic heterocycles. The van der Waals surface area contributed by atoms with Crippen LogP contribution in [-0.4, -0.2) is 77.1 Å². The van der Waals surface area contributed by atoms with Gasteiger partial charge in [0.2, 0.25) is 0 Å². The van der Waals surface area contributed by atoms with Crippen LogP contribution in [0.5, 0.6) is 0 Å². The topological polar surface area (TPSA) is 86.7 Å². The fourth-order valence-corrected chi connectivity index (χ4v) is 25.9. The molecular weight excluding hydrogens is 744 g/mol. The zero-order valence-electron chi connectivity index (χ0n) is 32.4. The van der Waals surface area contributed by atoms with Crippen LogP contribution < -0.4 is 0 Å². The van der Waals surface area contributed by atoms with Gasteiger partial charge in [-0.1, -0.05) is 0 Å². The Bertz CT molecular complexity index is 957. The van der Waals surface area contributed by atoms with E-state index in [0.717, 1.165) is 51.4 Å². The molecule has 0 aromatic rings. The summed E-state index contributed by atoms with van der Waals surface area (Å²) in [7, 11) is -11.2. The van der Waals surface area contributed by atoms with Gasteiger partial charge in [0.1, 0.15) is 0 Å². The molecule has 16 heteroatoms. The van der Waals surface area contributed by atoms with E-state index < -0.39 is 44.9 Å². The zero-order valence-corrected chi connectivity index (χ0v) is 35.8. The summed E-state index contributed by atoms with van der Waals surface area (Å²) in [6.07, 6.45) is 16.1. The van der Waals surface area contributed by atoms with E-state index in [-0.39, 0.29) is 0 Å². The Balaban J connectivity index is 0. The summed E-state index contributed by atoms with van der Waals surface area (Å²) in [5.41, 5.74) is -10.7. The van der Waals surface area contributed by atoms with E-state index >= 15 is 0 Å². The van der Waals surface area contributed by atoms with Gasteiger partial charge in [-0.3, -0.25) is 0 Å². The van der Waals surface area contributed by atoms with Gasteiger partial charge in [0.25, 0.3) is 0 Å². The zero-order chi connectivity index (χ0) is 39.3. The van der Waals surface area contributed by atoms with E-state index in [1.54, 1.807) is 0 Å². The summed E-state index contributed by atoms with van der Waals surface area (Å²) in [4.78, 5) is 0. The number of halogens is 6. The molecule has 50 heavy (non-hydrogen) atoms. The first-order valence-electron chi connectivity index (χ1n) is 19.1. The van der Waals surface area contributed by atoms with Crippen LogP contribution in [0.25, 0.3) is 0 Å². The molecule has 0 aliphatic carbocycles. The van der Waals surface area contributed by atoms with Crippen LogP contribution in [0.15, 0.2) is 0 Å². The number of unbranched alkanes of at least 4 members (excludes halogenated alkanes) is 8. The maximum atomic E-state index is 13.1. The Kier molecular flexibility index (Phi) is 24.3. The molecule has 0 N–H and O–H groups in total. The molecular formula is C34H72F6O6P2S2. The normalized spacial score (nSPS) is 15.1. The van der Waals surface area contributed by atoms with Crippen LogP contribution in [-0.2, 0) is 28.2 Å². The van der Waals surface area contributed by atoms with Crippen LogP contribution in [0.3, 0.4) is 0 Å². The van der Waals surface area contributed by atoms with Gasteiger partial charge < -0.3 is 0 Å². The summed E-state index contributed by atoms with van der Waals surface area (Å²) in [5.74, 6) is 0. The van der Waals surface area contributed by atoms with E-state index in [2.05, 4.69) is 0 Å². The van der Waals surface area contributed by atoms with Crippen molar-refractivity contribution in [1.29, 1.82) is 0 Å². The second kappa shape index (κ2) is 23.2. The third-order valence-electron chi connectivity index (χ3n) is 9.80. The predicted octanol–water partition coefficient (Wildman–Crippen LogP) is 13.0. The van der Waals surface area contributed by atoms with Gasteiger partial charge in [-0.05, 0) is 0 Å². The van der Waals surface area contributed by atoms with E-state index in [0.29, 0.717) is 101 Å². The van der Waals surface area contributed by atoms with Crippen LogP contribution >= 0.6 is 13.7 Å². The van der Waals surface area contributed by atoms with Gasteiger partial charge in [-0.2, -0.15) is 0 Å². The van der Waals surface area contributed by atoms with Crippen molar-refractivity contribution in [1.82, 2.24) is 0 Å². The third-order valence-corrected chi connectivity index (χ3v) is 27.5. The first kappa shape index (κ1) is 52.4. The quantitative estimate of drug-likeness (QED) is 0.0444. The summed E-state index contributed by atoms with van der Waals surface area (Å²) in [5, 5.41) is 0. The molecule has 0 unspecified atom stereocenters. The van der Waals surface area contributed by atoms with Crippen LogP contribution in [0.1, 0.15) is 158 Å². The summed E-state index contributed by atoms with van der Waals surface area (Å²) < 4.78 is 138. The predicted molar refractivity (Wildman–Crippen MR) is 204 cm³/mol. The first-order valence-corrected chi connectivity index (χ1v) is 27.7. The average molecular weight is 817 g/mol. The number of hydrogen-bond donors (Lipinski definition) is 0. The minimum absolute atomic E-state index is 0.484. The Morgan fingerprint density at radius 2 is 0.500 bits per heavy atom. The van der Waals surface area contributed by atoms with Crippen molar-refractivity contribution in [3.05, 3.63) is 0 Å².